The van der Waals surface area contributed by atoms with Crippen molar-refractivity contribution < 1.29 is 14.7 Å². The Kier molecular flexibility index (Phi) is 8.23. The molecule has 0 saturated heterocycles. The molecule has 0 fully saturated rings. The summed E-state index contributed by atoms with van der Waals surface area (Å²) in [6.07, 6.45) is 0.918. The molecule has 0 heterocycles. The summed E-state index contributed by atoms with van der Waals surface area (Å²) in [7, 11) is 0. The molecule has 0 spiro atoms. The normalized spacial score (nSPS) is 12.7. The fourth-order valence-electron chi connectivity index (χ4n) is 4.41. The smallest absolute Gasteiger partial charge is 0.325 e. The molecular weight excluding hydrogens is 460 g/mol. The van der Waals surface area contributed by atoms with Crippen LogP contribution in [0.2, 0.25) is 5.02 Å². The summed E-state index contributed by atoms with van der Waals surface area (Å²) in [5.74, 6) is -1.44. The standard InChI is InChI=1S/C29H33ClN2O3/c1-7-25(23-13-18(4)27(30)19(5)14-23)32-24-10-8-9-21(15-24)22-11-16(2)26(17(3)12-22)28(33)31-20(6)29(34)35/h8-15,20,25,32H,7H2,1-6H3,(H,31,33)(H,34,35)/t20-,25+/m0/s1. The number of aliphatic carboxylic acids is 1. The highest BCUT2D eigenvalue weighted by molar-refractivity contribution is 6.32. The van der Waals surface area contributed by atoms with Gasteiger partial charge in [0.25, 0.3) is 5.91 Å². The van der Waals surface area contributed by atoms with Crippen molar-refractivity contribution in [2.75, 3.05) is 5.32 Å². The Morgan fingerprint density at radius 2 is 1.51 bits per heavy atom. The number of anilines is 1. The lowest BCUT2D eigenvalue weighted by atomic mass is 9.94. The molecule has 0 saturated carbocycles. The highest BCUT2D eigenvalue weighted by atomic mass is 35.5. The van der Waals surface area contributed by atoms with Gasteiger partial charge in [-0.2, -0.15) is 0 Å². The molecule has 2 atom stereocenters. The van der Waals surface area contributed by atoms with Crippen LogP contribution in [0.4, 0.5) is 5.69 Å². The number of carbonyl (C=O) groups is 2. The number of carboxylic acid groups (broad SMARTS) is 1. The molecule has 0 aliphatic carbocycles. The second-order valence-corrected chi connectivity index (χ2v) is 9.55. The van der Waals surface area contributed by atoms with Gasteiger partial charge in [0.05, 0.1) is 6.04 Å². The Labute approximate surface area is 212 Å². The number of amides is 1. The maximum Gasteiger partial charge on any atom is 0.325 e. The van der Waals surface area contributed by atoms with E-state index >= 15 is 0 Å². The molecule has 3 N–H and O–H groups in total. The molecular formula is C29H33ClN2O3. The van der Waals surface area contributed by atoms with E-state index in [1.54, 1.807) is 0 Å². The minimum Gasteiger partial charge on any atom is -0.480 e. The molecule has 0 bridgehead atoms. The molecule has 5 nitrogen and oxygen atoms in total. The van der Waals surface area contributed by atoms with Crippen molar-refractivity contribution >= 4 is 29.2 Å². The summed E-state index contributed by atoms with van der Waals surface area (Å²) in [5, 5.41) is 16.1. The van der Waals surface area contributed by atoms with Gasteiger partial charge in [-0.15, -0.1) is 0 Å². The first-order chi connectivity index (χ1) is 16.5. The lowest BCUT2D eigenvalue weighted by Gasteiger charge is -2.21. The third-order valence-electron chi connectivity index (χ3n) is 6.28. The van der Waals surface area contributed by atoms with Crippen molar-refractivity contribution in [2.24, 2.45) is 0 Å². The van der Waals surface area contributed by atoms with Crippen molar-refractivity contribution in [2.45, 2.75) is 60.0 Å². The number of carbonyl (C=O) groups excluding carboxylic acids is 1. The highest BCUT2D eigenvalue weighted by Gasteiger charge is 2.19. The van der Waals surface area contributed by atoms with E-state index in [0.717, 1.165) is 50.5 Å². The van der Waals surface area contributed by atoms with E-state index in [1.807, 2.05) is 52.0 Å². The van der Waals surface area contributed by atoms with E-state index in [0.29, 0.717) is 5.56 Å². The van der Waals surface area contributed by atoms with Crippen LogP contribution in [0.5, 0.6) is 0 Å². The van der Waals surface area contributed by atoms with Crippen LogP contribution in [0, 0.1) is 27.7 Å². The lowest BCUT2D eigenvalue weighted by Crippen LogP contribution is -2.38. The van der Waals surface area contributed by atoms with Gasteiger partial charge in [-0.1, -0.05) is 54.9 Å². The summed E-state index contributed by atoms with van der Waals surface area (Å²) in [6.45, 7) is 11.4. The molecule has 3 aromatic rings. The molecule has 35 heavy (non-hydrogen) atoms. The molecule has 0 aromatic heterocycles. The minimum atomic E-state index is -1.07. The van der Waals surface area contributed by atoms with E-state index in [9.17, 15) is 9.59 Å². The van der Waals surface area contributed by atoms with Crippen LogP contribution in [0.1, 0.15) is 64.5 Å². The Hall–Kier alpha value is -3.31. The Morgan fingerprint density at radius 1 is 0.914 bits per heavy atom. The van der Waals surface area contributed by atoms with Crippen molar-refractivity contribution in [1.82, 2.24) is 5.32 Å². The van der Waals surface area contributed by atoms with Gasteiger partial charge in [0.1, 0.15) is 6.04 Å². The number of carboxylic acids is 1. The molecule has 0 aliphatic heterocycles. The monoisotopic (exact) mass is 492 g/mol. The van der Waals surface area contributed by atoms with E-state index in [2.05, 4.69) is 41.8 Å². The second kappa shape index (κ2) is 11.0. The van der Waals surface area contributed by atoms with Crippen molar-refractivity contribution in [3.8, 4) is 11.1 Å². The van der Waals surface area contributed by atoms with Gasteiger partial charge in [0.15, 0.2) is 0 Å². The molecule has 3 rings (SSSR count). The fraction of sp³-hybridized carbons (Fsp3) is 0.310. The summed E-state index contributed by atoms with van der Waals surface area (Å²) < 4.78 is 0. The van der Waals surface area contributed by atoms with Crippen LogP contribution in [0.25, 0.3) is 11.1 Å². The highest BCUT2D eigenvalue weighted by Crippen LogP contribution is 2.31. The van der Waals surface area contributed by atoms with Crippen LogP contribution in [0.3, 0.4) is 0 Å². The zero-order valence-corrected chi connectivity index (χ0v) is 21.9. The van der Waals surface area contributed by atoms with Gasteiger partial charge in [-0.3, -0.25) is 9.59 Å². The first-order valence-electron chi connectivity index (χ1n) is 11.8. The molecule has 0 aliphatic rings. The van der Waals surface area contributed by atoms with Crippen LogP contribution >= 0.6 is 11.6 Å². The number of benzene rings is 3. The number of nitrogens with one attached hydrogen (secondary N) is 2. The molecule has 3 aromatic carbocycles. The lowest BCUT2D eigenvalue weighted by molar-refractivity contribution is -0.138. The zero-order chi connectivity index (χ0) is 25.9. The topological polar surface area (TPSA) is 78.4 Å². The van der Waals surface area contributed by atoms with Crippen molar-refractivity contribution in [3.63, 3.8) is 0 Å². The van der Waals surface area contributed by atoms with Crippen molar-refractivity contribution in [3.05, 3.63) is 86.9 Å². The molecule has 0 unspecified atom stereocenters. The molecule has 184 valence electrons. The zero-order valence-electron chi connectivity index (χ0n) is 21.1. The third kappa shape index (κ3) is 6.04. The van der Waals surface area contributed by atoms with E-state index < -0.39 is 12.0 Å². The van der Waals surface area contributed by atoms with Gasteiger partial charge >= 0.3 is 5.97 Å². The number of aryl methyl sites for hydroxylation is 4. The fourth-order valence-corrected chi connectivity index (χ4v) is 4.52. The van der Waals surface area contributed by atoms with Crippen molar-refractivity contribution in [1.29, 1.82) is 0 Å². The SMILES string of the molecule is CC[C@@H](Nc1cccc(-c2cc(C)c(C(=O)N[C@@H](C)C(=O)O)c(C)c2)c1)c1cc(C)c(Cl)c(C)c1. The summed E-state index contributed by atoms with van der Waals surface area (Å²) in [6, 6.07) is 15.6. The Balaban J connectivity index is 1.88. The maximum atomic E-state index is 12.7. The van der Waals surface area contributed by atoms with Gasteiger partial charge in [0.2, 0.25) is 0 Å². The van der Waals surface area contributed by atoms with Gasteiger partial charge in [-0.25, -0.2) is 0 Å². The molecule has 0 radical (unpaired) electrons. The number of hydrogen-bond donors (Lipinski definition) is 3. The largest absolute Gasteiger partial charge is 0.480 e. The van der Waals surface area contributed by atoms with Gasteiger partial charge in [0, 0.05) is 16.3 Å². The van der Waals surface area contributed by atoms with Crippen LogP contribution in [-0.4, -0.2) is 23.0 Å². The van der Waals surface area contributed by atoms with E-state index in [-0.39, 0.29) is 11.9 Å². The van der Waals surface area contributed by atoms with E-state index in [1.165, 1.54) is 12.5 Å². The Morgan fingerprint density at radius 3 is 2.06 bits per heavy atom. The first-order valence-corrected chi connectivity index (χ1v) is 12.2. The van der Waals surface area contributed by atoms with E-state index in [4.69, 9.17) is 16.7 Å². The predicted molar refractivity (Wildman–Crippen MR) is 143 cm³/mol. The summed E-state index contributed by atoms with van der Waals surface area (Å²) in [5.41, 5.74) is 8.49. The predicted octanol–water partition coefficient (Wildman–Crippen LogP) is 7.01. The number of hydrogen-bond acceptors (Lipinski definition) is 3. The minimum absolute atomic E-state index is 0.144. The average Bonchev–Trinajstić information content (AvgIpc) is 2.80. The first kappa shape index (κ1) is 26.3. The Bertz CT molecular complexity index is 1220. The van der Waals surface area contributed by atoms with Crippen LogP contribution in [-0.2, 0) is 4.79 Å². The summed E-state index contributed by atoms with van der Waals surface area (Å²) in [4.78, 5) is 23.8. The maximum absolute atomic E-state index is 12.7. The number of halogens is 1. The molecule has 1 amide bonds. The van der Waals surface area contributed by atoms with Gasteiger partial charge < -0.3 is 15.7 Å². The average molecular weight is 493 g/mol. The van der Waals surface area contributed by atoms with Crippen LogP contribution in [0.15, 0.2) is 48.5 Å². The summed E-state index contributed by atoms with van der Waals surface area (Å²) >= 11 is 6.37. The third-order valence-corrected chi connectivity index (χ3v) is 6.88. The molecule has 6 heteroatoms. The number of rotatable bonds is 8. The quantitative estimate of drug-likeness (QED) is 0.316. The van der Waals surface area contributed by atoms with Crippen LogP contribution < -0.4 is 10.6 Å². The van der Waals surface area contributed by atoms with Gasteiger partial charge in [-0.05, 0) is 92.1 Å². The second-order valence-electron chi connectivity index (χ2n) is 9.17.